The van der Waals surface area contributed by atoms with Gasteiger partial charge in [0, 0.05) is 25.7 Å². The molecule has 1 heterocycles. The summed E-state index contributed by atoms with van der Waals surface area (Å²) in [6.07, 6.45) is 1.82. The van der Waals surface area contributed by atoms with Gasteiger partial charge in [0.15, 0.2) is 0 Å². The molecule has 0 radical (unpaired) electrons. The van der Waals surface area contributed by atoms with Crippen LogP contribution in [0.25, 0.3) is 0 Å². The van der Waals surface area contributed by atoms with Crippen molar-refractivity contribution in [3.05, 3.63) is 29.3 Å². The lowest BCUT2D eigenvalue weighted by molar-refractivity contribution is 0.0857. The third kappa shape index (κ3) is 2.78. The molecule has 0 saturated carbocycles. The number of nitrogens with one attached hydrogen (secondary N) is 1. The number of carbonyl (C=O) groups is 1. The lowest BCUT2D eigenvalue weighted by Crippen LogP contribution is -2.36. The molecule has 1 atom stereocenters. The van der Waals surface area contributed by atoms with Crippen molar-refractivity contribution in [2.45, 2.75) is 19.4 Å². The van der Waals surface area contributed by atoms with Crippen molar-refractivity contribution in [1.29, 1.82) is 0 Å². The molecule has 0 unspecified atom stereocenters. The molecule has 110 valence electrons. The summed E-state index contributed by atoms with van der Waals surface area (Å²) in [4.78, 5) is 11.9. The van der Waals surface area contributed by atoms with E-state index >= 15 is 0 Å². The van der Waals surface area contributed by atoms with Crippen LogP contribution in [-0.2, 0) is 16.4 Å². The van der Waals surface area contributed by atoms with Gasteiger partial charge in [0.05, 0.1) is 11.9 Å². The summed E-state index contributed by atoms with van der Waals surface area (Å²) >= 11 is 0. The Balaban J connectivity index is 2.36. The van der Waals surface area contributed by atoms with Crippen LogP contribution < -0.4 is 9.73 Å². The summed E-state index contributed by atoms with van der Waals surface area (Å²) in [5.74, 6) is -0.205. The van der Waals surface area contributed by atoms with Gasteiger partial charge in [-0.05, 0) is 37.1 Å². The minimum Gasteiger partial charge on any atom is -0.285 e. The average Bonchev–Trinajstić information content (AvgIpc) is 2.61. The van der Waals surface area contributed by atoms with Crippen molar-refractivity contribution in [2.24, 2.45) is 0 Å². The van der Waals surface area contributed by atoms with Gasteiger partial charge in [-0.15, -0.1) is 0 Å². The number of nitrogens with zero attached hydrogens (tertiary/aromatic N) is 2. The second-order valence-electron chi connectivity index (χ2n) is 5.29. The topological polar surface area (TPSA) is 69.7 Å². The Bertz CT molecular complexity index is 640. The van der Waals surface area contributed by atoms with Gasteiger partial charge >= 0.3 is 0 Å². The Hall–Kier alpha value is -1.60. The summed E-state index contributed by atoms with van der Waals surface area (Å²) in [5.41, 5.74) is 4.74. The molecule has 0 aromatic heterocycles. The van der Waals surface area contributed by atoms with E-state index in [2.05, 4.69) is 5.43 Å². The fourth-order valence-electron chi connectivity index (χ4n) is 2.52. The second-order valence-corrected chi connectivity index (χ2v) is 7.15. The zero-order chi connectivity index (χ0) is 15.1. The van der Waals surface area contributed by atoms with Crippen molar-refractivity contribution in [1.82, 2.24) is 10.4 Å². The van der Waals surface area contributed by atoms with Crippen LogP contribution in [0.15, 0.2) is 18.2 Å². The van der Waals surface area contributed by atoms with E-state index in [1.165, 1.54) is 10.6 Å². The van der Waals surface area contributed by atoms with Gasteiger partial charge < -0.3 is 0 Å². The van der Waals surface area contributed by atoms with Crippen LogP contribution in [0, 0.1) is 0 Å². The summed E-state index contributed by atoms with van der Waals surface area (Å²) in [5, 5.41) is 1.57. The Kier molecular flexibility index (Phi) is 3.75. The Labute approximate surface area is 119 Å². The number of benzene rings is 1. The summed E-state index contributed by atoms with van der Waals surface area (Å²) < 4.78 is 25.0. The molecule has 2 rings (SSSR count). The van der Waals surface area contributed by atoms with E-state index in [1.807, 2.05) is 6.92 Å². The van der Waals surface area contributed by atoms with Crippen molar-refractivity contribution in [3.63, 3.8) is 0 Å². The number of hydrogen-bond donors (Lipinski definition) is 1. The van der Waals surface area contributed by atoms with E-state index in [1.54, 1.807) is 37.3 Å². The zero-order valence-electron chi connectivity index (χ0n) is 12.0. The molecule has 0 aliphatic carbocycles. The number of hydrogen-bond acceptors (Lipinski definition) is 4. The number of amides is 1. The number of sulfonamides is 1. The molecule has 7 heteroatoms. The Morgan fingerprint density at radius 1 is 1.40 bits per heavy atom. The number of rotatable bonds is 3. The van der Waals surface area contributed by atoms with E-state index in [0.717, 1.165) is 5.56 Å². The first-order chi connectivity index (χ1) is 9.20. The van der Waals surface area contributed by atoms with Gasteiger partial charge in [0.1, 0.15) is 0 Å². The van der Waals surface area contributed by atoms with E-state index in [0.29, 0.717) is 17.7 Å². The first-order valence-electron chi connectivity index (χ1n) is 6.31. The van der Waals surface area contributed by atoms with Crippen molar-refractivity contribution in [3.8, 4) is 0 Å². The van der Waals surface area contributed by atoms with Crippen LogP contribution in [-0.4, -0.2) is 45.7 Å². The SMILES string of the molecule is C[C@@H]1Cc2cc(C(=O)NN(C)C)ccc2N1S(C)(=O)=O. The van der Waals surface area contributed by atoms with E-state index in [-0.39, 0.29) is 11.9 Å². The molecular weight excluding hydrogens is 278 g/mol. The van der Waals surface area contributed by atoms with Gasteiger partial charge in [-0.3, -0.25) is 14.5 Å². The highest BCUT2D eigenvalue weighted by molar-refractivity contribution is 7.92. The third-order valence-corrected chi connectivity index (χ3v) is 4.45. The minimum atomic E-state index is -3.29. The highest BCUT2D eigenvalue weighted by Gasteiger charge is 2.32. The van der Waals surface area contributed by atoms with Crippen molar-refractivity contribution < 1.29 is 13.2 Å². The smallest absolute Gasteiger partial charge is 0.265 e. The lowest BCUT2D eigenvalue weighted by atomic mass is 10.1. The molecule has 1 N–H and O–H groups in total. The predicted octanol–water partition coefficient (Wildman–Crippen LogP) is 0.604. The maximum absolute atomic E-state index is 11.9. The average molecular weight is 297 g/mol. The standard InChI is InChI=1S/C13H19N3O3S/c1-9-7-11-8-10(13(17)14-15(2)3)5-6-12(11)16(9)20(4,18)19/h5-6,8-9H,7H2,1-4H3,(H,14,17)/t9-/m1/s1. The number of hydrazine groups is 1. The van der Waals surface area contributed by atoms with E-state index in [4.69, 9.17) is 0 Å². The van der Waals surface area contributed by atoms with Crippen molar-refractivity contribution in [2.75, 3.05) is 24.7 Å². The molecule has 20 heavy (non-hydrogen) atoms. The van der Waals surface area contributed by atoms with Crippen LogP contribution in [0.1, 0.15) is 22.8 Å². The highest BCUT2D eigenvalue weighted by atomic mass is 32.2. The molecule has 0 bridgehead atoms. The van der Waals surface area contributed by atoms with Gasteiger partial charge in [0.2, 0.25) is 10.0 Å². The molecule has 0 spiro atoms. The van der Waals surface area contributed by atoms with E-state index < -0.39 is 10.0 Å². The van der Waals surface area contributed by atoms with Crippen molar-refractivity contribution >= 4 is 21.6 Å². The Morgan fingerprint density at radius 2 is 2.05 bits per heavy atom. The maximum atomic E-state index is 11.9. The Morgan fingerprint density at radius 3 is 2.60 bits per heavy atom. The quantitative estimate of drug-likeness (QED) is 0.830. The number of carbonyl (C=O) groups excluding carboxylic acids is 1. The summed E-state index contributed by atoms with van der Waals surface area (Å²) in [7, 11) is 0.177. The second kappa shape index (κ2) is 5.06. The molecular formula is C13H19N3O3S. The lowest BCUT2D eigenvalue weighted by Gasteiger charge is -2.22. The van der Waals surface area contributed by atoms with Gasteiger partial charge in [-0.2, -0.15) is 0 Å². The molecule has 1 aromatic carbocycles. The summed E-state index contributed by atoms with van der Waals surface area (Å²) in [6, 6.07) is 4.99. The molecule has 0 saturated heterocycles. The monoisotopic (exact) mass is 297 g/mol. The molecule has 1 aliphatic rings. The first kappa shape index (κ1) is 14.8. The zero-order valence-corrected chi connectivity index (χ0v) is 12.9. The molecule has 6 nitrogen and oxygen atoms in total. The molecule has 1 amide bonds. The fourth-order valence-corrected chi connectivity index (χ4v) is 3.78. The third-order valence-electron chi connectivity index (χ3n) is 3.18. The van der Waals surface area contributed by atoms with Crippen LogP contribution >= 0.6 is 0 Å². The molecule has 0 fully saturated rings. The van der Waals surface area contributed by atoms with Gasteiger partial charge in [0.25, 0.3) is 5.91 Å². The fraction of sp³-hybridized carbons (Fsp3) is 0.462. The number of anilines is 1. The largest absolute Gasteiger partial charge is 0.285 e. The number of fused-ring (bicyclic) bond motifs is 1. The summed E-state index contributed by atoms with van der Waals surface area (Å²) in [6.45, 7) is 1.86. The van der Waals surface area contributed by atoms with Gasteiger partial charge in [-0.1, -0.05) is 0 Å². The molecule has 1 aromatic rings. The van der Waals surface area contributed by atoms with Crippen LogP contribution in [0.3, 0.4) is 0 Å². The first-order valence-corrected chi connectivity index (χ1v) is 8.15. The van der Waals surface area contributed by atoms with Crippen LogP contribution in [0.5, 0.6) is 0 Å². The normalized spacial score (nSPS) is 18.2. The van der Waals surface area contributed by atoms with Gasteiger partial charge in [-0.25, -0.2) is 13.4 Å². The van der Waals surface area contributed by atoms with E-state index in [9.17, 15) is 13.2 Å². The predicted molar refractivity (Wildman–Crippen MR) is 78.1 cm³/mol. The minimum absolute atomic E-state index is 0.118. The maximum Gasteiger partial charge on any atom is 0.265 e. The molecule has 1 aliphatic heterocycles. The highest BCUT2D eigenvalue weighted by Crippen LogP contribution is 2.34. The van der Waals surface area contributed by atoms with Crippen LogP contribution in [0.2, 0.25) is 0 Å². The van der Waals surface area contributed by atoms with Crippen LogP contribution in [0.4, 0.5) is 5.69 Å².